The molecular formula is C48H57N9O6. The first-order valence-corrected chi connectivity index (χ1v) is 21.9. The fraction of sp³-hybridized carbons (Fsp3) is 0.458. The molecule has 0 bridgehead atoms. The van der Waals surface area contributed by atoms with Crippen molar-refractivity contribution >= 4 is 28.9 Å². The molecule has 15 heteroatoms. The van der Waals surface area contributed by atoms with Gasteiger partial charge < -0.3 is 40.1 Å². The number of benzene rings is 3. The van der Waals surface area contributed by atoms with E-state index in [1.165, 1.54) is 14.2 Å². The second-order valence-electron chi connectivity index (χ2n) is 18.0. The lowest BCUT2D eigenvalue weighted by molar-refractivity contribution is -0.135. The lowest BCUT2D eigenvalue weighted by Gasteiger charge is -2.36. The number of aliphatic hydroxyl groups excluding tert-OH is 1. The number of aromatic amines is 2. The first kappa shape index (κ1) is 43.4. The number of H-pyrrole nitrogens is 2. The van der Waals surface area contributed by atoms with E-state index < -0.39 is 36.5 Å². The van der Waals surface area contributed by atoms with E-state index in [1.54, 1.807) is 11.1 Å². The first-order valence-electron chi connectivity index (χ1n) is 21.9. The first-order chi connectivity index (χ1) is 30.3. The molecule has 8 rings (SSSR count). The van der Waals surface area contributed by atoms with Crippen molar-refractivity contribution in [3.63, 3.8) is 0 Å². The Morgan fingerprint density at radius 1 is 0.857 bits per heavy atom. The Kier molecular flexibility index (Phi) is 12.3. The van der Waals surface area contributed by atoms with Gasteiger partial charge in [-0.05, 0) is 82.5 Å². The summed E-state index contributed by atoms with van der Waals surface area (Å²) in [5.41, 5.74) is 5.96. The van der Waals surface area contributed by atoms with Gasteiger partial charge in [-0.1, -0.05) is 82.6 Å². The molecule has 1 spiro atoms. The highest BCUT2D eigenvalue weighted by Crippen LogP contribution is 2.59. The highest BCUT2D eigenvalue weighted by Gasteiger charge is 2.55. The predicted molar refractivity (Wildman–Crippen MR) is 237 cm³/mol. The predicted octanol–water partition coefficient (Wildman–Crippen LogP) is 7.70. The largest absolute Gasteiger partial charge is 0.453 e. The number of nitriles is 1. The Morgan fingerprint density at radius 2 is 1.43 bits per heavy atom. The minimum Gasteiger partial charge on any atom is -0.453 e. The smallest absolute Gasteiger partial charge is 0.407 e. The number of rotatable bonds is 13. The number of methoxy groups -OCH3 is 2. The third kappa shape index (κ3) is 8.87. The molecule has 15 nitrogen and oxygen atoms in total. The summed E-state index contributed by atoms with van der Waals surface area (Å²) in [7, 11) is 2.60. The summed E-state index contributed by atoms with van der Waals surface area (Å²) < 4.78 is 9.66. The number of ether oxygens (including phenoxy) is 2. The minimum absolute atomic E-state index is 0.0130. The van der Waals surface area contributed by atoms with Gasteiger partial charge >= 0.3 is 12.2 Å². The van der Waals surface area contributed by atoms with Crippen LogP contribution in [0.4, 0.5) is 9.59 Å². The lowest BCUT2D eigenvalue weighted by atomic mass is 9.97. The average Bonchev–Trinajstić information content (AvgIpc) is 3.80. The van der Waals surface area contributed by atoms with Crippen molar-refractivity contribution in [2.45, 2.75) is 90.2 Å². The van der Waals surface area contributed by atoms with E-state index in [9.17, 15) is 24.8 Å². The molecule has 2 aliphatic heterocycles. The van der Waals surface area contributed by atoms with Gasteiger partial charge in [-0.15, -0.1) is 0 Å². The molecule has 0 radical (unpaired) electrons. The Balaban J connectivity index is 0.962. The number of aromatic nitrogens is 4. The van der Waals surface area contributed by atoms with Gasteiger partial charge in [-0.3, -0.25) is 9.69 Å². The van der Waals surface area contributed by atoms with E-state index in [0.29, 0.717) is 18.7 Å². The van der Waals surface area contributed by atoms with Crippen LogP contribution in [0.2, 0.25) is 0 Å². The Morgan fingerprint density at radius 3 is 2.03 bits per heavy atom. The lowest BCUT2D eigenvalue weighted by Crippen LogP contribution is -2.54. The van der Waals surface area contributed by atoms with Crippen LogP contribution >= 0.6 is 0 Å². The number of carbonyl (C=O) groups is 3. The third-order valence-corrected chi connectivity index (χ3v) is 13.6. The van der Waals surface area contributed by atoms with Crippen LogP contribution in [0, 0.1) is 34.5 Å². The van der Waals surface area contributed by atoms with Gasteiger partial charge in [-0.25, -0.2) is 19.6 Å². The molecule has 3 amide bonds. The van der Waals surface area contributed by atoms with Gasteiger partial charge in [0.1, 0.15) is 23.9 Å². The van der Waals surface area contributed by atoms with Crippen LogP contribution in [0.1, 0.15) is 83.5 Å². The number of alkyl carbamates (subject to hydrolysis) is 2. The van der Waals surface area contributed by atoms with Crippen LogP contribution in [-0.2, 0) is 14.3 Å². The maximum atomic E-state index is 13.9. The number of nitrogens with zero attached hydrogens (tertiary/aromatic N) is 5. The average molecular weight is 856 g/mol. The Bertz CT molecular complexity index is 2500. The van der Waals surface area contributed by atoms with Crippen molar-refractivity contribution in [2.75, 3.05) is 27.3 Å². The van der Waals surface area contributed by atoms with Crippen molar-refractivity contribution in [1.29, 1.82) is 5.26 Å². The number of fused-ring (bicyclic) bond motifs is 1. The molecule has 1 saturated carbocycles. The van der Waals surface area contributed by atoms with Gasteiger partial charge in [0.25, 0.3) is 0 Å². The van der Waals surface area contributed by atoms with E-state index in [4.69, 9.17) is 19.4 Å². The number of likely N-dealkylation sites (tertiary alicyclic amines) is 2. The molecule has 3 aliphatic rings. The van der Waals surface area contributed by atoms with Gasteiger partial charge in [0, 0.05) is 18.7 Å². The highest BCUT2D eigenvalue weighted by atomic mass is 16.5. The molecule has 5 N–H and O–H groups in total. The third-order valence-electron chi connectivity index (χ3n) is 13.6. The topological polar surface area (TPSA) is 202 Å². The van der Waals surface area contributed by atoms with Crippen molar-refractivity contribution < 1.29 is 29.0 Å². The summed E-state index contributed by atoms with van der Waals surface area (Å²) in [6, 6.07) is 21.5. The standard InChI is InChI=1S/C48H57N9O6/c1-7-28(4)41(55-47(61)63-6)45(59)56-25-29(22-49)18-38(56)42-50-24-37(53-42)35-15-14-33-19-32(12-13-34(33)20-35)30-8-10-31(11-9-30)36-23-51-43(52-36)39-21-48(16-17-48)26-57(39)44(58)40(27(2)3)54-46(60)62-5/h8-15,19-20,23-24,27-29,38-41,44,58H,7,16-18,21,25-26H2,1-6H3,(H,50,53)(H,51,52)(H,54,60)(H,55,61)/t28-,29+,38-,39-,40-,41-,44?/m0/s1. The molecule has 3 aromatic carbocycles. The summed E-state index contributed by atoms with van der Waals surface area (Å²) in [5, 5.41) is 29.1. The van der Waals surface area contributed by atoms with E-state index in [1.807, 2.05) is 40.0 Å². The molecule has 4 heterocycles. The van der Waals surface area contributed by atoms with E-state index >= 15 is 0 Å². The normalized spacial score (nSPS) is 21.2. The molecule has 2 aromatic heterocycles. The van der Waals surface area contributed by atoms with Crippen LogP contribution in [-0.4, -0.2) is 98.6 Å². The van der Waals surface area contributed by atoms with Gasteiger partial charge in [0.15, 0.2) is 0 Å². The second kappa shape index (κ2) is 17.9. The molecule has 7 atom stereocenters. The SMILES string of the molecule is CC[C@H](C)[C@H](NC(=O)OC)C(=O)N1C[C@@H](C#N)C[C@H]1c1ncc(-c2ccc3cc(-c4ccc(-c5cnc([C@@H]6CC7(CC7)CN6C(O)[C@@H](NC(=O)OC)C(C)C)[nH]5)cc4)ccc3c2)[nH]1. The molecule has 2 saturated heterocycles. The molecule has 330 valence electrons. The number of hydrogen-bond acceptors (Lipinski definition) is 10. The minimum atomic E-state index is -0.896. The molecule has 1 unspecified atom stereocenters. The number of hydrogen-bond donors (Lipinski definition) is 5. The zero-order chi connectivity index (χ0) is 44.6. The maximum Gasteiger partial charge on any atom is 0.407 e. The van der Waals surface area contributed by atoms with Gasteiger partial charge in [-0.2, -0.15) is 5.26 Å². The van der Waals surface area contributed by atoms with E-state index in [0.717, 1.165) is 76.0 Å². The monoisotopic (exact) mass is 855 g/mol. The maximum absolute atomic E-state index is 13.9. The van der Waals surface area contributed by atoms with Gasteiger partial charge in [0.2, 0.25) is 5.91 Å². The van der Waals surface area contributed by atoms with Gasteiger partial charge in [0.05, 0.1) is 68.1 Å². The van der Waals surface area contributed by atoms with Crippen molar-refractivity contribution in [3.05, 3.63) is 84.7 Å². The summed E-state index contributed by atoms with van der Waals surface area (Å²) in [6.45, 7) is 8.83. The van der Waals surface area contributed by atoms with Crippen molar-refractivity contribution in [2.24, 2.45) is 23.2 Å². The van der Waals surface area contributed by atoms with E-state index in [-0.39, 0.29) is 41.7 Å². The zero-order valence-corrected chi connectivity index (χ0v) is 36.7. The fourth-order valence-corrected chi connectivity index (χ4v) is 9.37. The number of amides is 3. The molecule has 63 heavy (non-hydrogen) atoms. The molecular weight excluding hydrogens is 799 g/mol. The van der Waals surface area contributed by atoms with Crippen molar-refractivity contribution in [1.82, 2.24) is 40.4 Å². The summed E-state index contributed by atoms with van der Waals surface area (Å²) >= 11 is 0. The van der Waals surface area contributed by atoms with Crippen LogP contribution in [0.15, 0.2) is 73.1 Å². The fourth-order valence-electron chi connectivity index (χ4n) is 9.37. The Labute approximate surface area is 367 Å². The number of aliphatic hydroxyl groups is 1. The van der Waals surface area contributed by atoms with Crippen molar-refractivity contribution in [3.8, 4) is 39.7 Å². The number of nitrogens with one attached hydrogen (secondary N) is 4. The van der Waals surface area contributed by atoms with Crippen LogP contribution in [0.3, 0.4) is 0 Å². The molecule has 3 fully saturated rings. The van der Waals surface area contributed by atoms with Crippen LogP contribution in [0.5, 0.6) is 0 Å². The number of imidazole rings is 2. The number of carbonyl (C=O) groups excluding carboxylic acids is 3. The molecule has 1 aliphatic carbocycles. The summed E-state index contributed by atoms with van der Waals surface area (Å²) in [4.78, 5) is 58.5. The zero-order valence-electron chi connectivity index (χ0n) is 36.7. The highest BCUT2D eigenvalue weighted by molar-refractivity contribution is 5.91. The Hall–Kier alpha value is -6.24. The second-order valence-corrected chi connectivity index (χ2v) is 18.0. The quantitative estimate of drug-likeness (QED) is 0.0782. The summed E-state index contributed by atoms with van der Waals surface area (Å²) in [5.74, 6) is 0.624. The van der Waals surface area contributed by atoms with Crippen LogP contribution < -0.4 is 10.6 Å². The van der Waals surface area contributed by atoms with Crippen LogP contribution in [0.25, 0.3) is 44.4 Å². The summed E-state index contributed by atoms with van der Waals surface area (Å²) in [6.07, 6.45) is 5.74. The van der Waals surface area contributed by atoms with E-state index in [2.05, 4.69) is 86.2 Å². The molecule has 5 aromatic rings.